The number of rotatable bonds is 4. The van der Waals surface area contributed by atoms with Crippen molar-refractivity contribution >= 4 is 15.8 Å². The Morgan fingerprint density at radius 1 is 1.21 bits per heavy atom. The Labute approximate surface area is 142 Å². The highest BCUT2D eigenvalue weighted by Crippen LogP contribution is 2.25. The van der Waals surface area contributed by atoms with E-state index in [1.807, 2.05) is 4.90 Å². The second-order valence-electron chi connectivity index (χ2n) is 6.67. The lowest BCUT2D eigenvalue weighted by molar-refractivity contribution is -0.181. The van der Waals surface area contributed by atoms with Crippen LogP contribution in [0.1, 0.15) is 20.8 Å². The number of nitrogens with one attached hydrogen (secondary N) is 1. The zero-order chi connectivity index (χ0) is 18.8. The van der Waals surface area contributed by atoms with Crippen LogP contribution in [0.2, 0.25) is 0 Å². The van der Waals surface area contributed by atoms with Crippen molar-refractivity contribution in [3.8, 4) is 0 Å². The maximum absolute atomic E-state index is 12.8. The third-order valence-electron chi connectivity index (χ3n) is 4.52. The van der Waals surface area contributed by atoms with Crippen molar-refractivity contribution in [2.24, 2.45) is 4.99 Å². The fourth-order valence-electron chi connectivity index (χ4n) is 2.28. The Kier molecular flexibility index (Phi) is 6.54. The number of aliphatic imine (C=N–C) groups is 1. The van der Waals surface area contributed by atoms with Crippen molar-refractivity contribution < 1.29 is 21.6 Å². The molecule has 0 bridgehead atoms. The van der Waals surface area contributed by atoms with Crippen LogP contribution in [0.3, 0.4) is 0 Å². The fraction of sp³-hybridized carbons (Fsp3) is 0.929. The number of guanidine groups is 1. The molecule has 10 heteroatoms. The van der Waals surface area contributed by atoms with E-state index in [4.69, 9.17) is 0 Å². The molecule has 142 valence electrons. The summed E-state index contributed by atoms with van der Waals surface area (Å²) in [5.74, 6) is 0.506. The van der Waals surface area contributed by atoms with E-state index in [0.717, 1.165) is 6.92 Å². The first kappa shape index (κ1) is 21.0. The minimum atomic E-state index is -4.23. The molecule has 0 aromatic heterocycles. The van der Waals surface area contributed by atoms with Gasteiger partial charge in [0.05, 0.1) is 4.75 Å². The summed E-state index contributed by atoms with van der Waals surface area (Å²) >= 11 is 0. The first-order chi connectivity index (χ1) is 10.8. The summed E-state index contributed by atoms with van der Waals surface area (Å²) in [7, 11) is -1.67. The van der Waals surface area contributed by atoms with Crippen LogP contribution in [-0.2, 0) is 9.84 Å². The zero-order valence-electron chi connectivity index (χ0n) is 14.8. The summed E-state index contributed by atoms with van der Waals surface area (Å²) in [4.78, 5) is 7.35. The summed E-state index contributed by atoms with van der Waals surface area (Å²) in [6.45, 7) is 5.93. The average Bonchev–Trinajstić information content (AvgIpc) is 2.45. The van der Waals surface area contributed by atoms with Gasteiger partial charge in [0.1, 0.15) is 6.04 Å². The van der Waals surface area contributed by atoms with Crippen LogP contribution < -0.4 is 5.32 Å². The predicted molar refractivity (Wildman–Crippen MR) is 88.9 cm³/mol. The summed E-state index contributed by atoms with van der Waals surface area (Å²) < 4.78 is 60.8. The van der Waals surface area contributed by atoms with Gasteiger partial charge in [0.15, 0.2) is 15.8 Å². The molecule has 6 nitrogen and oxygen atoms in total. The number of hydrogen-bond acceptors (Lipinski definition) is 4. The van der Waals surface area contributed by atoms with Gasteiger partial charge in [-0.1, -0.05) is 0 Å². The Hall–Kier alpha value is -1.03. The van der Waals surface area contributed by atoms with Crippen molar-refractivity contribution in [2.45, 2.75) is 37.7 Å². The molecule has 0 saturated carbocycles. The topological polar surface area (TPSA) is 65.0 Å². The van der Waals surface area contributed by atoms with Gasteiger partial charge in [-0.15, -0.1) is 0 Å². The number of alkyl halides is 3. The Balaban J connectivity index is 2.62. The van der Waals surface area contributed by atoms with Gasteiger partial charge in [0.25, 0.3) is 0 Å². The molecule has 0 aliphatic carbocycles. The van der Waals surface area contributed by atoms with E-state index in [0.29, 0.717) is 19.0 Å². The molecule has 0 spiro atoms. The Morgan fingerprint density at radius 2 is 1.71 bits per heavy atom. The van der Waals surface area contributed by atoms with E-state index < -0.39 is 26.8 Å². The van der Waals surface area contributed by atoms with Crippen LogP contribution in [0.5, 0.6) is 0 Å². The highest BCUT2D eigenvalue weighted by molar-refractivity contribution is 7.92. The van der Waals surface area contributed by atoms with Crippen molar-refractivity contribution in [3.05, 3.63) is 0 Å². The molecule has 1 fully saturated rings. The van der Waals surface area contributed by atoms with Crippen LogP contribution in [0, 0.1) is 0 Å². The van der Waals surface area contributed by atoms with Crippen LogP contribution in [0.15, 0.2) is 4.99 Å². The quantitative estimate of drug-likeness (QED) is 0.588. The summed E-state index contributed by atoms with van der Waals surface area (Å²) in [5, 5.41) is 3.02. The normalized spacial score (nSPS) is 20.2. The van der Waals surface area contributed by atoms with Gasteiger partial charge in [0, 0.05) is 46.0 Å². The molecule has 1 rings (SSSR count). The largest absolute Gasteiger partial charge is 0.403 e. The number of nitrogens with zero attached hydrogens (tertiary/aromatic N) is 3. The lowest BCUT2D eigenvalue weighted by Crippen LogP contribution is -2.58. The van der Waals surface area contributed by atoms with Gasteiger partial charge >= 0.3 is 6.18 Å². The van der Waals surface area contributed by atoms with Gasteiger partial charge in [-0.25, -0.2) is 8.42 Å². The second kappa shape index (κ2) is 7.47. The fourth-order valence-corrected chi connectivity index (χ4v) is 2.62. The summed E-state index contributed by atoms with van der Waals surface area (Å²) in [5.41, 5.74) is 0. The van der Waals surface area contributed by atoms with Gasteiger partial charge in [0.2, 0.25) is 0 Å². The standard InChI is InChI=1S/C14H27F3N4O2S/c1-11(14(15,16)17)20-6-8-21(9-7-20)12(18-4)19-10-13(2,3)24(5,22)23/h11H,6-10H2,1-5H3,(H,18,19). The molecule has 1 heterocycles. The van der Waals surface area contributed by atoms with Gasteiger partial charge in [-0.2, -0.15) is 13.2 Å². The van der Waals surface area contributed by atoms with Crippen molar-refractivity contribution in [1.29, 1.82) is 0 Å². The molecule has 0 radical (unpaired) electrons. The molecule has 1 aliphatic rings. The summed E-state index contributed by atoms with van der Waals surface area (Å²) in [6.07, 6.45) is -3.06. The number of hydrogen-bond donors (Lipinski definition) is 1. The lowest BCUT2D eigenvalue weighted by atomic mass is 10.2. The number of sulfone groups is 1. The van der Waals surface area contributed by atoms with Crippen LogP contribution in [0.25, 0.3) is 0 Å². The molecule has 1 unspecified atom stereocenters. The lowest BCUT2D eigenvalue weighted by Gasteiger charge is -2.40. The molecule has 1 aliphatic heterocycles. The number of halogens is 3. The van der Waals surface area contributed by atoms with E-state index in [1.54, 1.807) is 20.9 Å². The van der Waals surface area contributed by atoms with E-state index in [9.17, 15) is 21.6 Å². The van der Waals surface area contributed by atoms with Gasteiger partial charge < -0.3 is 10.2 Å². The maximum atomic E-state index is 12.8. The average molecular weight is 372 g/mol. The van der Waals surface area contributed by atoms with Crippen LogP contribution >= 0.6 is 0 Å². The van der Waals surface area contributed by atoms with E-state index in [1.165, 1.54) is 11.2 Å². The van der Waals surface area contributed by atoms with E-state index >= 15 is 0 Å². The van der Waals surface area contributed by atoms with Crippen molar-refractivity contribution in [3.63, 3.8) is 0 Å². The summed E-state index contributed by atoms with van der Waals surface area (Å²) in [6, 6.07) is -1.47. The van der Waals surface area contributed by atoms with Crippen LogP contribution in [-0.4, -0.2) is 87.2 Å². The van der Waals surface area contributed by atoms with Crippen LogP contribution in [0.4, 0.5) is 13.2 Å². The highest BCUT2D eigenvalue weighted by atomic mass is 32.2. The molecule has 1 N–H and O–H groups in total. The number of piperazine rings is 1. The van der Waals surface area contributed by atoms with Gasteiger partial charge in [-0.3, -0.25) is 9.89 Å². The predicted octanol–water partition coefficient (Wildman–Crippen LogP) is 0.953. The smallest absolute Gasteiger partial charge is 0.355 e. The SMILES string of the molecule is CN=C(NCC(C)(C)S(C)(=O)=O)N1CCN(C(C)C(F)(F)F)CC1. The molecule has 0 aromatic carbocycles. The maximum Gasteiger partial charge on any atom is 0.403 e. The monoisotopic (exact) mass is 372 g/mol. The molecular weight excluding hydrogens is 345 g/mol. The zero-order valence-corrected chi connectivity index (χ0v) is 15.6. The molecule has 1 saturated heterocycles. The second-order valence-corrected chi connectivity index (χ2v) is 9.32. The molecular formula is C14H27F3N4O2S. The third-order valence-corrected chi connectivity index (χ3v) is 6.67. The first-order valence-electron chi connectivity index (χ1n) is 7.75. The van der Waals surface area contributed by atoms with E-state index in [2.05, 4.69) is 10.3 Å². The minimum Gasteiger partial charge on any atom is -0.355 e. The Morgan fingerprint density at radius 3 is 2.08 bits per heavy atom. The van der Waals surface area contributed by atoms with Gasteiger partial charge in [-0.05, 0) is 20.8 Å². The molecule has 0 aromatic rings. The first-order valence-corrected chi connectivity index (χ1v) is 9.64. The minimum absolute atomic E-state index is 0.178. The highest BCUT2D eigenvalue weighted by Gasteiger charge is 2.41. The van der Waals surface area contributed by atoms with Crippen molar-refractivity contribution in [2.75, 3.05) is 46.0 Å². The third kappa shape index (κ3) is 5.23. The Bertz CT molecular complexity index is 553. The van der Waals surface area contributed by atoms with Crippen molar-refractivity contribution in [1.82, 2.24) is 15.1 Å². The molecule has 0 amide bonds. The molecule has 1 atom stereocenters. The van der Waals surface area contributed by atoms with E-state index in [-0.39, 0.29) is 19.6 Å². The molecule has 24 heavy (non-hydrogen) atoms.